The fourth-order valence-corrected chi connectivity index (χ4v) is 3.71. The molecule has 2 rings (SSSR count). The lowest BCUT2D eigenvalue weighted by atomic mass is 9.93. The van der Waals surface area contributed by atoms with Crippen LogP contribution in [0.2, 0.25) is 0 Å². The van der Waals surface area contributed by atoms with Crippen molar-refractivity contribution in [1.82, 2.24) is 0 Å². The zero-order valence-corrected chi connectivity index (χ0v) is 12.2. The first-order valence-corrected chi connectivity index (χ1v) is 8.51. The van der Waals surface area contributed by atoms with Gasteiger partial charge in [0.05, 0.1) is 17.0 Å². The highest BCUT2D eigenvalue weighted by Crippen LogP contribution is 2.37. The van der Waals surface area contributed by atoms with Crippen LogP contribution < -0.4 is 5.32 Å². The Kier molecular flexibility index (Phi) is 4.04. The molecule has 0 radical (unpaired) electrons. The number of nitrogens with one attached hydrogen (secondary N) is 1. The van der Waals surface area contributed by atoms with Gasteiger partial charge in [-0.2, -0.15) is 0 Å². The molecular weight excluding hydrogens is 278 g/mol. The predicted octanol–water partition coefficient (Wildman–Crippen LogP) is 2.29. The Bertz CT molecular complexity index is 603. The molecule has 0 saturated heterocycles. The maximum Gasteiger partial charge on any atom is 0.305 e. The predicted molar refractivity (Wildman–Crippen MR) is 76.6 cm³/mol. The number of sulfone groups is 1. The average Bonchev–Trinajstić information content (AvgIpc) is 2.75. The number of carbonyl (C=O) groups is 1. The van der Waals surface area contributed by atoms with Crippen LogP contribution in [0.5, 0.6) is 0 Å². The Hall–Kier alpha value is -1.56. The van der Waals surface area contributed by atoms with Crippen molar-refractivity contribution in [3.8, 4) is 0 Å². The van der Waals surface area contributed by atoms with Gasteiger partial charge in [0.15, 0.2) is 9.84 Å². The number of carboxylic acid groups (broad SMARTS) is 1. The van der Waals surface area contributed by atoms with E-state index in [0.29, 0.717) is 5.69 Å². The van der Waals surface area contributed by atoms with E-state index in [1.165, 1.54) is 0 Å². The topological polar surface area (TPSA) is 83.5 Å². The molecule has 1 aromatic rings. The maximum absolute atomic E-state index is 11.8. The van der Waals surface area contributed by atoms with E-state index in [9.17, 15) is 13.2 Å². The first-order valence-electron chi connectivity index (χ1n) is 6.62. The van der Waals surface area contributed by atoms with Crippen LogP contribution in [-0.2, 0) is 14.6 Å². The number of benzene rings is 1. The van der Waals surface area contributed by atoms with Crippen molar-refractivity contribution < 1.29 is 18.3 Å². The van der Waals surface area contributed by atoms with Crippen molar-refractivity contribution in [3.63, 3.8) is 0 Å². The molecule has 5 nitrogen and oxygen atoms in total. The monoisotopic (exact) mass is 297 g/mol. The molecule has 0 aliphatic heterocycles. The van der Waals surface area contributed by atoms with Gasteiger partial charge in [-0.25, -0.2) is 8.42 Å². The number of carboxylic acids is 1. The fourth-order valence-electron chi connectivity index (χ4n) is 2.87. The Morgan fingerprint density at radius 2 is 1.90 bits per heavy atom. The Morgan fingerprint density at radius 1 is 1.30 bits per heavy atom. The van der Waals surface area contributed by atoms with Crippen molar-refractivity contribution >= 4 is 21.5 Å². The largest absolute Gasteiger partial charge is 0.481 e. The molecule has 0 bridgehead atoms. The summed E-state index contributed by atoms with van der Waals surface area (Å²) in [5, 5.41) is 12.3. The van der Waals surface area contributed by atoms with Crippen LogP contribution in [0.1, 0.15) is 32.1 Å². The van der Waals surface area contributed by atoms with Gasteiger partial charge in [0.2, 0.25) is 0 Å². The average molecular weight is 297 g/mol. The van der Waals surface area contributed by atoms with Crippen molar-refractivity contribution in [1.29, 1.82) is 0 Å². The summed E-state index contributed by atoms with van der Waals surface area (Å²) in [5.41, 5.74) is -0.0368. The highest BCUT2D eigenvalue weighted by molar-refractivity contribution is 7.90. The maximum atomic E-state index is 11.8. The van der Waals surface area contributed by atoms with Gasteiger partial charge < -0.3 is 10.4 Å². The van der Waals surface area contributed by atoms with Crippen LogP contribution >= 0.6 is 0 Å². The molecule has 1 fully saturated rings. The second-order valence-electron chi connectivity index (χ2n) is 5.45. The number of anilines is 1. The molecular formula is C14H19NO4S. The van der Waals surface area contributed by atoms with Gasteiger partial charge in [-0.15, -0.1) is 0 Å². The standard InChI is InChI=1S/C14H19NO4S/c1-20(18,19)12-7-3-2-6-11(12)15-14(10-13(16)17)8-4-5-9-14/h2-3,6-7,15H,4-5,8-10H2,1H3,(H,16,17). The Morgan fingerprint density at radius 3 is 2.45 bits per heavy atom. The normalized spacial score (nSPS) is 17.9. The molecule has 110 valence electrons. The van der Waals surface area contributed by atoms with Crippen LogP contribution in [-0.4, -0.2) is 31.3 Å². The summed E-state index contributed by atoms with van der Waals surface area (Å²) in [6, 6.07) is 6.65. The van der Waals surface area contributed by atoms with Crippen molar-refractivity contribution in [2.24, 2.45) is 0 Å². The number of para-hydroxylation sites is 1. The van der Waals surface area contributed by atoms with E-state index < -0.39 is 21.3 Å². The van der Waals surface area contributed by atoms with E-state index >= 15 is 0 Å². The van der Waals surface area contributed by atoms with Gasteiger partial charge in [0.25, 0.3) is 0 Å². The van der Waals surface area contributed by atoms with Crippen LogP contribution in [0.4, 0.5) is 5.69 Å². The molecule has 0 spiro atoms. The van der Waals surface area contributed by atoms with Gasteiger partial charge in [0.1, 0.15) is 0 Å². The summed E-state index contributed by atoms with van der Waals surface area (Å²) in [6.07, 6.45) is 4.58. The zero-order valence-electron chi connectivity index (χ0n) is 11.4. The van der Waals surface area contributed by atoms with E-state index in [4.69, 9.17) is 5.11 Å². The molecule has 1 aliphatic rings. The lowest BCUT2D eigenvalue weighted by Crippen LogP contribution is -2.38. The highest BCUT2D eigenvalue weighted by atomic mass is 32.2. The molecule has 0 heterocycles. The van der Waals surface area contributed by atoms with E-state index in [2.05, 4.69) is 5.32 Å². The number of hydrogen-bond acceptors (Lipinski definition) is 4. The van der Waals surface area contributed by atoms with Gasteiger partial charge >= 0.3 is 5.97 Å². The summed E-state index contributed by atoms with van der Waals surface area (Å²) in [5.74, 6) is -0.865. The first kappa shape index (κ1) is 14.8. The van der Waals surface area contributed by atoms with Gasteiger partial charge in [-0.05, 0) is 25.0 Å². The third-order valence-electron chi connectivity index (χ3n) is 3.74. The van der Waals surface area contributed by atoms with Gasteiger partial charge in [-0.1, -0.05) is 25.0 Å². The second-order valence-corrected chi connectivity index (χ2v) is 7.44. The molecule has 0 unspecified atom stereocenters. The molecule has 1 aliphatic carbocycles. The quantitative estimate of drug-likeness (QED) is 0.871. The third-order valence-corrected chi connectivity index (χ3v) is 4.89. The smallest absolute Gasteiger partial charge is 0.305 e. The van der Waals surface area contributed by atoms with E-state index in [-0.39, 0.29) is 11.3 Å². The number of aliphatic carboxylic acids is 1. The van der Waals surface area contributed by atoms with Gasteiger partial charge in [-0.3, -0.25) is 4.79 Å². The van der Waals surface area contributed by atoms with Crippen molar-refractivity contribution in [2.75, 3.05) is 11.6 Å². The summed E-state index contributed by atoms with van der Waals surface area (Å²) >= 11 is 0. The number of hydrogen-bond donors (Lipinski definition) is 2. The van der Waals surface area contributed by atoms with Crippen LogP contribution in [0, 0.1) is 0 Å². The molecule has 0 aromatic heterocycles. The SMILES string of the molecule is CS(=O)(=O)c1ccccc1NC1(CC(=O)O)CCCC1. The molecule has 1 saturated carbocycles. The minimum atomic E-state index is -3.34. The summed E-state index contributed by atoms with van der Waals surface area (Å²) < 4.78 is 23.6. The van der Waals surface area contributed by atoms with E-state index in [1.807, 2.05) is 0 Å². The molecule has 0 amide bonds. The highest BCUT2D eigenvalue weighted by Gasteiger charge is 2.36. The Balaban J connectivity index is 2.35. The summed E-state index contributed by atoms with van der Waals surface area (Å²) in [7, 11) is -3.34. The number of rotatable bonds is 5. The minimum Gasteiger partial charge on any atom is -0.481 e. The molecule has 2 N–H and O–H groups in total. The molecule has 0 atom stereocenters. The van der Waals surface area contributed by atoms with Crippen molar-refractivity contribution in [3.05, 3.63) is 24.3 Å². The second kappa shape index (κ2) is 5.44. The molecule has 6 heteroatoms. The Labute approximate surface area is 118 Å². The summed E-state index contributed by atoms with van der Waals surface area (Å²) in [4.78, 5) is 11.3. The fraction of sp³-hybridized carbons (Fsp3) is 0.500. The zero-order chi connectivity index (χ0) is 14.8. The lowest BCUT2D eigenvalue weighted by Gasteiger charge is -2.30. The van der Waals surface area contributed by atoms with Crippen molar-refractivity contribution in [2.45, 2.75) is 42.5 Å². The third kappa shape index (κ3) is 3.30. The van der Waals surface area contributed by atoms with Crippen LogP contribution in [0.3, 0.4) is 0 Å². The van der Waals surface area contributed by atoms with E-state index in [1.54, 1.807) is 24.3 Å². The molecule has 1 aromatic carbocycles. The lowest BCUT2D eigenvalue weighted by molar-refractivity contribution is -0.138. The van der Waals surface area contributed by atoms with Crippen LogP contribution in [0.15, 0.2) is 29.2 Å². The molecule has 20 heavy (non-hydrogen) atoms. The van der Waals surface area contributed by atoms with Gasteiger partial charge in [0, 0.05) is 11.8 Å². The van der Waals surface area contributed by atoms with E-state index in [0.717, 1.165) is 31.9 Å². The summed E-state index contributed by atoms with van der Waals surface area (Å²) in [6.45, 7) is 0. The first-order chi connectivity index (χ1) is 9.32. The minimum absolute atomic E-state index is 0.00506. The van der Waals surface area contributed by atoms with Crippen LogP contribution in [0.25, 0.3) is 0 Å².